The summed E-state index contributed by atoms with van der Waals surface area (Å²) in [4.78, 5) is 2.44. The molecule has 3 nitrogen and oxygen atoms in total. The molecule has 0 aliphatic rings. The minimum absolute atomic E-state index is 0.136. The highest BCUT2D eigenvalue weighted by molar-refractivity contribution is 5.45. The van der Waals surface area contributed by atoms with Gasteiger partial charge in [-0.15, -0.1) is 0 Å². The van der Waals surface area contributed by atoms with Crippen LogP contribution < -0.4 is 5.32 Å². The summed E-state index contributed by atoms with van der Waals surface area (Å²) in [6.07, 6.45) is 0.457. The Hall–Kier alpha value is -1.37. The largest absolute Gasteiger partial charge is 0.382 e. The number of ether oxygens (including phenoxy) is 1. The zero-order valence-electron chi connectivity index (χ0n) is 9.20. The summed E-state index contributed by atoms with van der Waals surface area (Å²) in [7, 11) is 0. The summed E-state index contributed by atoms with van der Waals surface area (Å²) in [5.74, 6) is -6.40. The Labute approximate surface area is 95.8 Å². The lowest BCUT2D eigenvalue weighted by molar-refractivity contribution is 0.147. The Kier molecular flexibility index (Phi) is 5.14. The summed E-state index contributed by atoms with van der Waals surface area (Å²) < 4.78 is 56.5. The number of hydrogen-bond donors (Lipinski definition) is 1. The third-order valence-corrected chi connectivity index (χ3v) is 1.97. The van der Waals surface area contributed by atoms with E-state index in [0.717, 1.165) is 0 Å². The van der Waals surface area contributed by atoms with Crippen LogP contribution in [-0.2, 0) is 4.74 Å². The quantitative estimate of drug-likeness (QED) is 0.480. The Morgan fingerprint density at radius 3 is 2.24 bits per heavy atom. The topological polar surface area (TPSA) is 34.1 Å². The zero-order valence-corrected chi connectivity index (χ0v) is 9.20. The van der Waals surface area contributed by atoms with E-state index in [1.807, 2.05) is 0 Å². The van der Waals surface area contributed by atoms with Gasteiger partial charge in [0.15, 0.2) is 0 Å². The van der Waals surface area contributed by atoms with Crippen LogP contribution in [0.3, 0.4) is 0 Å². The fourth-order valence-corrected chi connectivity index (χ4v) is 1.17. The maximum atomic E-state index is 13.1. The number of hydrogen-bond acceptors (Lipinski definition) is 3. The molecule has 0 radical (unpaired) electrons. The van der Waals surface area contributed by atoms with E-state index < -0.39 is 29.2 Å². The van der Waals surface area contributed by atoms with Crippen molar-refractivity contribution < 1.29 is 22.3 Å². The van der Waals surface area contributed by atoms with Gasteiger partial charge in [0.1, 0.15) is 5.69 Å². The molecule has 0 spiro atoms. The summed E-state index contributed by atoms with van der Waals surface area (Å²) in [5, 5.41) is 2.27. The van der Waals surface area contributed by atoms with Gasteiger partial charge in [-0.3, -0.25) is 0 Å². The van der Waals surface area contributed by atoms with Crippen LogP contribution in [0.4, 0.5) is 23.2 Å². The molecule has 1 heterocycles. The van der Waals surface area contributed by atoms with Gasteiger partial charge >= 0.3 is 0 Å². The maximum absolute atomic E-state index is 13.1. The van der Waals surface area contributed by atoms with E-state index in [2.05, 4.69) is 10.3 Å². The van der Waals surface area contributed by atoms with Gasteiger partial charge in [0.05, 0.1) is 0 Å². The van der Waals surface area contributed by atoms with Crippen molar-refractivity contribution in [2.24, 2.45) is 0 Å². The predicted octanol–water partition coefficient (Wildman–Crippen LogP) is 2.48. The van der Waals surface area contributed by atoms with E-state index in [9.17, 15) is 17.6 Å². The number of nitrogens with zero attached hydrogens (tertiary/aromatic N) is 1. The Bertz CT molecular complexity index is 361. The van der Waals surface area contributed by atoms with E-state index in [1.165, 1.54) is 0 Å². The van der Waals surface area contributed by atoms with Crippen LogP contribution in [-0.4, -0.2) is 24.7 Å². The fraction of sp³-hybridized carbons (Fsp3) is 0.500. The smallest absolute Gasteiger partial charge is 0.253 e. The van der Waals surface area contributed by atoms with E-state index >= 15 is 0 Å². The molecule has 1 aromatic rings. The van der Waals surface area contributed by atoms with E-state index in [0.29, 0.717) is 19.6 Å². The average molecular weight is 252 g/mol. The molecule has 7 heteroatoms. The molecule has 0 amide bonds. The summed E-state index contributed by atoms with van der Waals surface area (Å²) >= 11 is 0. The molecule has 0 saturated carbocycles. The fourth-order valence-electron chi connectivity index (χ4n) is 1.17. The maximum Gasteiger partial charge on any atom is 0.253 e. The highest BCUT2D eigenvalue weighted by atomic mass is 19.2. The number of aromatic nitrogens is 1. The second kappa shape index (κ2) is 6.39. The van der Waals surface area contributed by atoms with Gasteiger partial charge in [0.2, 0.25) is 11.6 Å². The van der Waals surface area contributed by atoms with Crippen molar-refractivity contribution in [3.8, 4) is 0 Å². The third-order valence-electron chi connectivity index (χ3n) is 1.97. The molecular weight excluding hydrogens is 240 g/mol. The van der Waals surface area contributed by atoms with E-state index in [1.54, 1.807) is 6.92 Å². The molecule has 0 fully saturated rings. The summed E-state index contributed by atoms with van der Waals surface area (Å²) in [5.41, 5.74) is -0.841. The molecule has 0 aliphatic carbocycles. The van der Waals surface area contributed by atoms with Crippen LogP contribution in [0.5, 0.6) is 0 Å². The molecule has 1 N–H and O–H groups in total. The molecule has 1 rings (SSSR count). The lowest BCUT2D eigenvalue weighted by atomic mass is 10.3. The van der Waals surface area contributed by atoms with Crippen LogP contribution >= 0.6 is 0 Å². The number of halogens is 4. The zero-order chi connectivity index (χ0) is 12.8. The van der Waals surface area contributed by atoms with Crippen molar-refractivity contribution in [3.05, 3.63) is 23.5 Å². The van der Waals surface area contributed by atoms with Crippen molar-refractivity contribution in [3.63, 3.8) is 0 Å². The van der Waals surface area contributed by atoms with E-state index in [4.69, 9.17) is 4.74 Å². The van der Waals surface area contributed by atoms with Crippen LogP contribution in [0.25, 0.3) is 0 Å². The molecule has 96 valence electrons. The Morgan fingerprint density at radius 1 is 1.12 bits per heavy atom. The number of rotatable bonds is 6. The molecule has 17 heavy (non-hydrogen) atoms. The minimum Gasteiger partial charge on any atom is -0.382 e. The highest BCUT2D eigenvalue weighted by Crippen LogP contribution is 2.21. The van der Waals surface area contributed by atoms with Crippen LogP contribution in [0, 0.1) is 23.5 Å². The van der Waals surface area contributed by atoms with Crippen LogP contribution in [0.15, 0.2) is 0 Å². The van der Waals surface area contributed by atoms with Crippen LogP contribution in [0.2, 0.25) is 0 Å². The molecule has 1 aromatic heterocycles. The standard InChI is InChI=1S/C10H12F4N2O/c1-2-17-5-3-4-15-8-6(11)9(13)16-10(14)7(8)12/h2-5H2,1H3,(H,15,16). The highest BCUT2D eigenvalue weighted by Gasteiger charge is 2.19. The molecule has 0 bridgehead atoms. The Morgan fingerprint density at radius 2 is 1.71 bits per heavy atom. The first-order valence-electron chi connectivity index (χ1n) is 5.09. The summed E-state index contributed by atoms with van der Waals surface area (Å²) in [6, 6.07) is 0. The molecule has 0 saturated heterocycles. The van der Waals surface area contributed by atoms with Crippen molar-refractivity contribution >= 4 is 5.69 Å². The van der Waals surface area contributed by atoms with Gasteiger partial charge in [-0.1, -0.05) is 0 Å². The molecular formula is C10H12F4N2O. The van der Waals surface area contributed by atoms with Crippen molar-refractivity contribution in [2.45, 2.75) is 13.3 Å². The van der Waals surface area contributed by atoms with Gasteiger partial charge in [-0.05, 0) is 13.3 Å². The first-order valence-corrected chi connectivity index (χ1v) is 5.09. The summed E-state index contributed by atoms with van der Waals surface area (Å²) in [6.45, 7) is 2.86. The third kappa shape index (κ3) is 3.55. The predicted molar refractivity (Wildman–Crippen MR) is 53.7 cm³/mol. The van der Waals surface area contributed by atoms with Gasteiger partial charge < -0.3 is 10.1 Å². The van der Waals surface area contributed by atoms with Crippen LogP contribution in [0.1, 0.15) is 13.3 Å². The van der Waals surface area contributed by atoms with Crippen molar-refractivity contribution in [2.75, 3.05) is 25.1 Å². The van der Waals surface area contributed by atoms with Crippen molar-refractivity contribution in [1.29, 1.82) is 0 Å². The van der Waals surface area contributed by atoms with Gasteiger partial charge in [0.25, 0.3) is 11.9 Å². The SMILES string of the molecule is CCOCCCNc1c(F)c(F)nc(F)c1F. The number of pyridine rings is 1. The number of nitrogens with one attached hydrogen (secondary N) is 1. The molecule has 0 aliphatic heterocycles. The van der Waals surface area contributed by atoms with E-state index in [-0.39, 0.29) is 6.54 Å². The van der Waals surface area contributed by atoms with Crippen molar-refractivity contribution in [1.82, 2.24) is 4.98 Å². The van der Waals surface area contributed by atoms with Gasteiger partial charge in [-0.25, -0.2) is 0 Å². The molecule has 0 atom stereocenters. The lowest BCUT2D eigenvalue weighted by Crippen LogP contribution is -2.12. The van der Waals surface area contributed by atoms with Gasteiger partial charge in [-0.2, -0.15) is 22.5 Å². The first-order chi connectivity index (χ1) is 8.07. The second-order valence-corrected chi connectivity index (χ2v) is 3.17. The monoisotopic (exact) mass is 252 g/mol. The minimum atomic E-state index is -1.67. The van der Waals surface area contributed by atoms with Gasteiger partial charge in [0, 0.05) is 19.8 Å². The molecule has 0 aromatic carbocycles. The average Bonchev–Trinajstić information content (AvgIpc) is 2.30. The number of anilines is 1. The first kappa shape index (κ1) is 13.7. The lowest BCUT2D eigenvalue weighted by Gasteiger charge is -2.09. The normalized spacial score (nSPS) is 10.6. The Balaban J connectivity index is 2.64. The second-order valence-electron chi connectivity index (χ2n) is 3.17. The molecule has 0 unspecified atom stereocenters.